The highest BCUT2D eigenvalue weighted by atomic mass is 35.5. The third-order valence-corrected chi connectivity index (χ3v) is 7.99. The Morgan fingerprint density at radius 3 is 2.36 bits per heavy atom. The average Bonchev–Trinajstić information content (AvgIpc) is 3.10. The van der Waals surface area contributed by atoms with Crippen LogP contribution in [0.2, 0.25) is 5.02 Å². The number of amides is 1. The van der Waals surface area contributed by atoms with Gasteiger partial charge in [-0.2, -0.15) is 0 Å². The molecule has 176 valence electrons. The number of halogens is 1. The van der Waals surface area contributed by atoms with Crippen molar-refractivity contribution in [1.29, 1.82) is 0 Å². The number of aromatic nitrogens is 1. The SMILES string of the molecule is CCOC(=O)C(C)S(=O)(=O)c1ccc([C@@H](C)NC(=O)c2cc3c(Cl)cc(C)cc3n2C)cc1. The number of esters is 1. The number of hydrogen-bond donors (Lipinski definition) is 1. The summed E-state index contributed by atoms with van der Waals surface area (Å²) in [6, 6.07) is 11.3. The van der Waals surface area contributed by atoms with Crippen molar-refractivity contribution in [3.8, 4) is 0 Å². The molecule has 0 aliphatic carbocycles. The minimum atomic E-state index is -3.87. The van der Waals surface area contributed by atoms with Crippen LogP contribution in [0.25, 0.3) is 10.9 Å². The summed E-state index contributed by atoms with van der Waals surface area (Å²) in [6.45, 7) is 6.79. The zero-order valence-corrected chi connectivity index (χ0v) is 20.8. The van der Waals surface area contributed by atoms with Gasteiger partial charge in [-0.25, -0.2) is 8.42 Å². The Labute approximate surface area is 198 Å². The number of benzene rings is 2. The predicted molar refractivity (Wildman–Crippen MR) is 128 cm³/mol. The highest BCUT2D eigenvalue weighted by Crippen LogP contribution is 2.28. The van der Waals surface area contributed by atoms with Crippen molar-refractivity contribution in [2.24, 2.45) is 7.05 Å². The summed E-state index contributed by atoms with van der Waals surface area (Å²) in [5, 5.41) is 3.02. The molecule has 0 radical (unpaired) electrons. The molecule has 0 spiro atoms. The summed E-state index contributed by atoms with van der Waals surface area (Å²) in [7, 11) is -2.07. The lowest BCUT2D eigenvalue weighted by atomic mass is 10.1. The van der Waals surface area contributed by atoms with Gasteiger partial charge in [-0.3, -0.25) is 9.59 Å². The first-order valence-corrected chi connectivity index (χ1v) is 12.5. The van der Waals surface area contributed by atoms with Gasteiger partial charge in [-0.1, -0.05) is 23.7 Å². The average molecular weight is 491 g/mol. The lowest BCUT2D eigenvalue weighted by Gasteiger charge is -2.16. The first-order chi connectivity index (χ1) is 15.5. The number of carbonyl (C=O) groups is 2. The minimum absolute atomic E-state index is 0.0176. The van der Waals surface area contributed by atoms with Gasteiger partial charge in [0.15, 0.2) is 15.1 Å². The molecule has 1 aromatic heterocycles. The number of aryl methyl sites for hydroxylation is 2. The number of rotatable bonds is 7. The highest BCUT2D eigenvalue weighted by molar-refractivity contribution is 7.92. The van der Waals surface area contributed by atoms with Crippen LogP contribution in [0.15, 0.2) is 47.4 Å². The van der Waals surface area contributed by atoms with Gasteiger partial charge in [0.05, 0.1) is 28.1 Å². The maximum Gasteiger partial charge on any atom is 0.324 e. The molecule has 3 rings (SSSR count). The van der Waals surface area contributed by atoms with Gasteiger partial charge in [-0.15, -0.1) is 0 Å². The predicted octanol–water partition coefficient (Wildman–Crippen LogP) is 4.36. The quantitative estimate of drug-likeness (QED) is 0.496. The van der Waals surface area contributed by atoms with E-state index in [0.717, 1.165) is 22.0 Å². The van der Waals surface area contributed by atoms with E-state index in [-0.39, 0.29) is 23.5 Å². The molecule has 2 atom stereocenters. The summed E-state index contributed by atoms with van der Waals surface area (Å²) in [4.78, 5) is 24.8. The fourth-order valence-corrected chi connectivity index (χ4v) is 5.20. The molecule has 2 aromatic carbocycles. The fraction of sp³-hybridized carbons (Fsp3) is 0.333. The van der Waals surface area contributed by atoms with Crippen molar-refractivity contribution in [1.82, 2.24) is 9.88 Å². The molecule has 0 saturated heterocycles. The van der Waals surface area contributed by atoms with Crippen molar-refractivity contribution in [3.63, 3.8) is 0 Å². The standard InChI is InChI=1S/C24H27ClN2O5S/c1-6-32-24(29)16(4)33(30,31)18-9-7-17(8-10-18)15(3)26-23(28)22-13-19-20(25)11-14(2)12-21(19)27(22)5/h7-13,15-16H,6H2,1-5H3,(H,26,28)/t15-,16?/m1/s1. The number of nitrogens with zero attached hydrogens (tertiary/aromatic N) is 1. The Morgan fingerprint density at radius 2 is 1.76 bits per heavy atom. The second kappa shape index (κ2) is 9.57. The van der Waals surface area contributed by atoms with Crippen LogP contribution < -0.4 is 5.32 Å². The number of fused-ring (bicyclic) bond motifs is 1. The molecule has 33 heavy (non-hydrogen) atoms. The summed E-state index contributed by atoms with van der Waals surface area (Å²) in [6.07, 6.45) is 0. The number of sulfone groups is 1. The van der Waals surface area contributed by atoms with E-state index in [2.05, 4.69) is 5.32 Å². The Morgan fingerprint density at radius 1 is 1.12 bits per heavy atom. The van der Waals surface area contributed by atoms with Crippen LogP contribution in [0.4, 0.5) is 0 Å². The Bertz CT molecular complexity index is 1310. The lowest BCUT2D eigenvalue weighted by molar-refractivity contribution is -0.142. The van der Waals surface area contributed by atoms with Crippen LogP contribution in [0.3, 0.4) is 0 Å². The van der Waals surface area contributed by atoms with Gasteiger partial charge in [0.25, 0.3) is 5.91 Å². The van der Waals surface area contributed by atoms with Crippen molar-refractivity contribution >= 4 is 44.2 Å². The molecule has 3 aromatic rings. The van der Waals surface area contributed by atoms with Crippen LogP contribution in [0, 0.1) is 6.92 Å². The Kier molecular flexibility index (Phi) is 7.19. The maximum atomic E-state index is 12.9. The van der Waals surface area contributed by atoms with E-state index in [1.807, 2.05) is 33.0 Å². The molecule has 7 nitrogen and oxygen atoms in total. The number of nitrogens with one attached hydrogen (secondary N) is 1. The summed E-state index contributed by atoms with van der Waals surface area (Å²) >= 11 is 6.34. The van der Waals surface area contributed by atoms with E-state index in [0.29, 0.717) is 10.7 Å². The van der Waals surface area contributed by atoms with E-state index in [1.54, 1.807) is 29.7 Å². The summed E-state index contributed by atoms with van der Waals surface area (Å²) in [5.41, 5.74) is 3.05. The molecule has 0 fully saturated rings. The third-order valence-electron chi connectivity index (χ3n) is 5.63. The molecule has 0 bridgehead atoms. The van der Waals surface area contributed by atoms with Crippen LogP contribution in [0.5, 0.6) is 0 Å². The van der Waals surface area contributed by atoms with Crippen molar-refractivity contribution in [3.05, 3.63) is 64.3 Å². The molecule has 9 heteroatoms. The van der Waals surface area contributed by atoms with Gasteiger partial charge in [0, 0.05) is 12.4 Å². The van der Waals surface area contributed by atoms with Gasteiger partial charge in [0.1, 0.15) is 5.69 Å². The van der Waals surface area contributed by atoms with Gasteiger partial charge >= 0.3 is 5.97 Å². The van der Waals surface area contributed by atoms with Crippen LogP contribution >= 0.6 is 11.6 Å². The molecular formula is C24H27ClN2O5S. The first-order valence-electron chi connectivity index (χ1n) is 10.5. The molecule has 1 heterocycles. The molecule has 0 saturated carbocycles. The monoisotopic (exact) mass is 490 g/mol. The first kappa shape index (κ1) is 24.8. The number of ether oxygens (including phenoxy) is 1. The number of carbonyl (C=O) groups excluding carboxylic acids is 2. The molecular weight excluding hydrogens is 464 g/mol. The van der Waals surface area contributed by atoms with Gasteiger partial charge in [0.2, 0.25) is 0 Å². The Hall–Kier alpha value is -2.84. The highest BCUT2D eigenvalue weighted by Gasteiger charge is 2.31. The smallest absolute Gasteiger partial charge is 0.324 e. The van der Waals surface area contributed by atoms with Crippen molar-refractivity contribution < 1.29 is 22.7 Å². The molecule has 1 N–H and O–H groups in total. The van der Waals surface area contributed by atoms with E-state index < -0.39 is 21.1 Å². The zero-order valence-electron chi connectivity index (χ0n) is 19.2. The fourth-order valence-electron chi connectivity index (χ4n) is 3.63. The topological polar surface area (TPSA) is 94.5 Å². The molecule has 0 aliphatic heterocycles. The third kappa shape index (κ3) is 4.91. The van der Waals surface area contributed by atoms with E-state index in [1.165, 1.54) is 19.1 Å². The molecule has 1 unspecified atom stereocenters. The van der Waals surface area contributed by atoms with E-state index in [9.17, 15) is 18.0 Å². The second-order valence-electron chi connectivity index (χ2n) is 7.97. The lowest BCUT2D eigenvalue weighted by Crippen LogP contribution is -2.29. The van der Waals surface area contributed by atoms with Gasteiger partial charge in [-0.05, 0) is 69.2 Å². The normalized spacial score (nSPS) is 13.5. The maximum absolute atomic E-state index is 12.9. The summed E-state index contributed by atoms with van der Waals surface area (Å²) < 4.78 is 32.0. The Balaban J connectivity index is 1.79. The van der Waals surface area contributed by atoms with Crippen molar-refractivity contribution in [2.45, 2.75) is 43.9 Å². The van der Waals surface area contributed by atoms with Crippen LogP contribution in [-0.4, -0.2) is 36.7 Å². The minimum Gasteiger partial charge on any atom is -0.465 e. The van der Waals surface area contributed by atoms with Gasteiger partial charge < -0.3 is 14.6 Å². The largest absolute Gasteiger partial charge is 0.465 e. The van der Waals surface area contributed by atoms with Crippen LogP contribution in [-0.2, 0) is 26.4 Å². The van der Waals surface area contributed by atoms with Crippen molar-refractivity contribution in [2.75, 3.05) is 6.61 Å². The zero-order chi connectivity index (χ0) is 24.5. The molecule has 1 amide bonds. The second-order valence-corrected chi connectivity index (χ2v) is 10.6. The van der Waals surface area contributed by atoms with E-state index >= 15 is 0 Å². The summed E-state index contributed by atoms with van der Waals surface area (Å²) in [5.74, 6) is -1.06. The van der Waals surface area contributed by atoms with E-state index in [4.69, 9.17) is 16.3 Å². The number of hydrogen-bond acceptors (Lipinski definition) is 5. The molecule has 0 aliphatic rings. The van der Waals surface area contributed by atoms with Crippen LogP contribution in [0.1, 0.15) is 48.4 Å².